The Labute approximate surface area is 144 Å². The van der Waals surface area contributed by atoms with Crippen molar-refractivity contribution in [1.29, 1.82) is 0 Å². The highest BCUT2D eigenvalue weighted by Gasteiger charge is 2.47. The standard InChI is InChI=1S/C20H27N3O/c1-20(9-3-2-4-10-20)19(24)23-17-7-8-18(23)15-22(14-17)13-16-6-5-11-21-12-16/h2-3,5-6,11-12,17-18H,4,7-10,13-15H2,1H3. The van der Waals surface area contributed by atoms with Crippen LogP contribution in [-0.2, 0) is 11.3 Å². The first-order chi connectivity index (χ1) is 11.7. The van der Waals surface area contributed by atoms with Crippen LogP contribution in [0.25, 0.3) is 0 Å². The van der Waals surface area contributed by atoms with E-state index in [0.29, 0.717) is 18.0 Å². The van der Waals surface area contributed by atoms with E-state index in [-0.39, 0.29) is 5.41 Å². The first-order valence-electron chi connectivity index (χ1n) is 9.25. The average molecular weight is 325 g/mol. The molecule has 4 rings (SSSR count). The Morgan fingerprint density at radius 2 is 2.08 bits per heavy atom. The number of aromatic nitrogens is 1. The second-order valence-corrected chi connectivity index (χ2v) is 7.93. The molecule has 2 aliphatic heterocycles. The molecule has 128 valence electrons. The first kappa shape index (κ1) is 15.8. The molecule has 2 fully saturated rings. The summed E-state index contributed by atoms with van der Waals surface area (Å²) in [5.74, 6) is 0.403. The summed E-state index contributed by atoms with van der Waals surface area (Å²) in [5.41, 5.74) is 1.09. The number of nitrogens with zero attached hydrogens (tertiary/aromatic N) is 3. The molecule has 24 heavy (non-hydrogen) atoms. The Morgan fingerprint density at radius 3 is 2.71 bits per heavy atom. The van der Waals surface area contributed by atoms with Gasteiger partial charge in [0.1, 0.15) is 0 Å². The van der Waals surface area contributed by atoms with Crippen LogP contribution >= 0.6 is 0 Å². The van der Waals surface area contributed by atoms with E-state index in [1.54, 1.807) is 0 Å². The van der Waals surface area contributed by atoms with Gasteiger partial charge in [0.15, 0.2) is 0 Å². The van der Waals surface area contributed by atoms with E-state index in [0.717, 1.165) is 51.7 Å². The van der Waals surface area contributed by atoms with Gasteiger partial charge in [-0.2, -0.15) is 0 Å². The molecule has 1 aromatic heterocycles. The van der Waals surface area contributed by atoms with Crippen LogP contribution in [0.2, 0.25) is 0 Å². The highest BCUT2D eigenvalue weighted by molar-refractivity contribution is 5.83. The summed E-state index contributed by atoms with van der Waals surface area (Å²) in [5, 5.41) is 0. The van der Waals surface area contributed by atoms with Crippen LogP contribution < -0.4 is 0 Å². The predicted molar refractivity (Wildman–Crippen MR) is 94.3 cm³/mol. The molecule has 4 nitrogen and oxygen atoms in total. The van der Waals surface area contributed by atoms with Crippen LogP contribution in [0.1, 0.15) is 44.6 Å². The second kappa shape index (κ2) is 6.32. The van der Waals surface area contributed by atoms with Gasteiger partial charge in [0.05, 0.1) is 5.41 Å². The molecule has 0 N–H and O–H groups in total. The highest BCUT2D eigenvalue weighted by atomic mass is 16.2. The van der Waals surface area contributed by atoms with E-state index >= 15 is 0 Å². The van der Waals surface area contributed by atoms with Crippen molar-refractivity contribution in [2.24, 2.45) is 5.41 Å². The fourth-order valence-corrected chi connectivity index (χ4v) is 4.67. The van der Waals surface area contributed by atoms with Crippen LogP contribution in [0, 0.1) is 5.41 Å². The molecule has 3 aliphatic rings. The van der Waals surface area contributed by atoms with Gasteiger partial charge in [-0.3, -0.25) is 14.7 Å². The molecule has 2 saturated heterocycles. The summed E-state index contributed by atoms with van der Waals surface area (Å²) < 4.78 is 0. The largest absolute Gasteiger partial charge is 0.334 e. The lowest BCUT2D eigenvalue weighted by molar-refractivity contribution is -0.148. The molecule has 3 unspecified atom stereocenters. The number of rotatable bonds is 3. The Hall–Kier alpha value is -1.68. The van der Waals surface area contributed by atoms with Crippen LogP contribution in [-0.4, -0.2) is 45.9 Å². The van der Waals surface area contributed by atoms with Gasteiger partial charge in [0, 0.05) is 44.1 Å². The van der Waals surface area contributed by atoms with Gasteiger partial charge in [-0.25, -0.2) is 0 Å². The third-order valence-corrected chi connectivity index (χ3v) is 6.04. The second-order valence-electron chi connectivity index (χ2n) is 7.93. The molecular formula is C20H27N3O. The zero-order chi connectivity index (χ0) is 16.6. The van der Waals surface area contributed by atoms with Crippen LogP contribution in [0.3, 0.4) is 0 Å². The molecule has 0 saturated carbocycles. The molecule has 3 atom stereocenters. The molecule has 0 aromatic carbocycles. The maximum Gasteiger partial charge on any atom is 0.229 e. The van der Waals surface area contributed by atoms with Gasteiger partial charge in [0.25, 0.3) is 0 Å². The van der Waals surface area contributed by atoms with E-state index < -0.39 is 0 Å². The number of likely N-dealkylation sites (tertiary alicyclic amines) is 1. The maximum atomic E-state index is 13.3. The molecule has 1 aliphatic carbocycles. The summed E-state index contributed by atoms with van der Waals surface area (Å²) in [6, 6.07) is 4.94. The fourth-order valence-electron chi connectivity index (χ4n) is 4.67. The first-order valence-corrected chi connectivity index (χ1v) is 9.25. The zero-order valence-corrected chi connectivity index (χ0v) is 14.5. The van der Waals surface area contributed by atoms with Crippen molar-refractivity contribution in [3.05, 3.63) is 42.2 Å². The molecule has 0 spiro atoms. The lowest BCUT2D eigenvalue weighted by Gasteiger charge is -2.45. The summed E-state index contributed by atoms with van der Waals surface area (Å²) >= 11 is 0. The zero-order valence-electron chi connectivity index (χ0n) is 14.5. The SMILES string of the molecule is CC1(C(=O)N2C3CCC2CN(Cc2cccnc2)C3)CC=CCC1. The minimum Gasteiger partial charge on any atom is -0.334 e. The third-order valence-electron chi connectivity index (χ3n) is 6.04. The van der Waals surface area contributed by atoms with Crippen molar-refractivity contribution in [3.8, 4) is 0 Å². The molecule has 1 amide bonds. The van der Waals surface area contributed by atoms with Crippen molar-refractivity contribution >= 4 is 5.91 Å². The number of carbonyl (C=O) groups is 1. The monoisotopic (exact) mass is 325 g/mol. The van der Waals surface area contributed by atoms with Crippen molar-refractivity contribution < 1.29 is 4.79 Å². The van der Waals surface area contributed by atoms with Crippen LogP contribution in [0.15, 0.2) is 36.7 Å². The lowest BCUT2D eigenvalue weighted by Crippen LogP contribution is -2.58. The molecule has 0 radical (unpaired) electrons. The normalized spacial score (nSPS) is 33.0. The van der Waals surface area contributed by atoms with Gasteiger partial charge in [-0.1, -0.05) is 25.1 Å². The number of carbonyl (C=O) groups excluding carboxylic acids is 1. The average Bonchev–Trinajstić information content (AvgIpc) is 2.86. The number of piperazine rings is 1. The van der Waals surface area contributed by atoms with Gasteiger partial charge in [0.2, 0.25) is 5.91 Å². The fraction of sp³-hybridized carbons (Fsp3) is 0.600. The highest BCUT2D eigenvalue weighted by Crippen LogP contribution is 2.40. The topological polar surface area (TPSA) is 36.4 Å². The van der Waals surface area contributed by atoms with Crippen LogP contribution in [0.5, 0.6) is 0 Å². The number of fused-ring (bicyclic) bond motifs is 2. The number of amides is 1. The van der Waals surface area contributed by atoms with Crippen molar-refractivity contribution in [1.82, 2.24) is 14.8 Å². The number of pyridine rings is 1. The van der Waals surface area contributed by atoms with Crippen molar-refractivity contribution in [2.45, 2.75) is 57.7 Å². The van der Waals surface area contributed by atoms with E-state index in [9.17, 15) is 4.79 Å². The molecular weight excluding hydrogens is 298 g/mol. The van der Waals surface area contributed by atoms with Crippen LogP contribution in [0.4, 0.5) is 0 Å². The number of hydrogen-bond donors (Lipinski definition) is 0. The molecule has 1 aromatic rings. The lowest BCUT2D eigenvalue weighted by atomic mass is 9.77. The van der Waals surface area contributed by atoms with E-state index in [2.05, 4.69) is 39.9 Å². The summed E-state index contributed by atoms with van der Waals surface area (Å²) in [7, 11) is 0. The summed E-state index contributed by atoms with van der Waals surface area (Å²) in [6.45, 7) is 5.12. The quantitative estimate of drug-likeness (QED) is 0.802. The maximum absolute atomic E-state index is 13.3. The Bertz CT molecular complexity index is 615. The van der Waals surface area contributed by atoms with Gasteiger partial charge >= 0.3 is 0 Å². The van der Waals surface area contributed by atoms with E-state index in [4.69, 9.17) is 0 Å². The van der Waals surface area contributed by atoms with Gasteiger partial charge in [-0.15, -0.1) is 0 Å². The summed E-state index contributed by atoms with van der Waals surface area (Å²) in [6.07, 6.45) is 13.4. The Morgan fingerprint density at radius 1 is 1.29 bits per heavy atom. The predicted octanol–water partition coefficient (Wildman–Crippen LogP) is 3.00. The van der Waals surface area contributed by atoms with E-state index in [1.165, 1.54) is 5.56 Å². The van der Waals surface area contributed by atoms with Crippen molar-refractivity contribution in [3.63, 3.8) is 0 Å². The molecule has 2 bridgehead atoms. The Kier molecular flexibility index (Phi) is 4.17. The minimum absolute atomic E-state index is 0.179. The Balaban J connectivity index is 1.45. The molecule has 4 heteroatoms. The smallest absolute Gasteiger partial charge is 0.229 e. The number of hydrogen-bond acceptors (Lipinski definition) is 3. The minimum atomic E-state index is -0.179. The van der Waals surface area contributed by atoms with Gasteiger partial charge < -0.3 is 4.90 Å². The molecule has 3 heterocycles. The van der Waals surface area contributed by atoms with Crippen molar-refractivity contribution in [2.75, 3.05) is 13.1 Å². The third kappa shape index (κ3) is 2.88. The summed E-state index contributed by atoms with van der Waals surface area (Å²) in [4.78, 5) is 22.3. The number of allylic oxidation sites excluding steroid dienone is 2. The van der Waals surface area contributed by atoms with Gasteiger partial charge in [-0.05, 0) is 43.7 Å². The van der Waals surface area contributed by atoms with E-state index in [1.807, 2.05) is 18.5 Å².